The normalized spacial score (nSPS) is 14.9. The van der Waals surface area contributed by atoms with Crippen LogP contribution in [0.25, 0.3) is 10.6 Å². The molecule has 1 aliphatic heterocycles. The van der Waals surface area contributed by atoms with Crippen molar-refractivity contribution in [3.63, 3.8) is 0 Å². The lowest BCUT2D eigenvalue weighted by Gasteiger charge is -2.33. The highest BCUT2D eigenvalue weighted by Crippen LogP contribution is 2.34. The van der Waals surface area contributed by atoms with Gasteiger partial charge < -0.3 is 15.5 Å². The maximum absolute atomic E-state index is 14.0. The zero-order chi connectivity index (χ0) is 27.6. The van der Waals surface area contributed by atoms with E-state index in [1.165, 1.54) is 34.8 Å². The average Bonchev–Trinajstić information content (AvgIpc) is 3.59. The summed E-state index contributed by atoms with van der Waals surface area (Å²) in [6, 6.07) is 9.12. The average molecular weight is 573 g/mol. The van der Waals surface area contributed by atoms with E-state index in [1.54, 1.807) is 23.8 Å². The van der Waals surface area contributed by atoms with Crippen LogP contribution >= 0.6 is 22.7 Å². The Hall–Kier alpha value is -3.32. The minimum Gasteiger partial charge on any atom is -0.331 e. The molecule has 0 aliphatic carbocycles. The van der Waals surface area contributed by atoms with Gasteiger partial charge in [0.2, 0.25) is 0 Å². The van der Waals surface area contributed by atoms with Crippen LogP contribution in [0, 0.1) is 6.92 Å². The molecule has 4 aromatic rings. The molecule has 5 rings (SSSR count). The van der Waals surface area contributed by atoms with E-state index in [2.05, 4.69) is 25.5 Å². The first-order valence-corrected chi connectivity index (χ1v) is 14.1. The summed E-state index contributed by atoms with van der Waals surface area (Å²) in [4.78, 5) is 26.8. The lowest BCUT2D eigenvalue weighted by Crippen LogP contribution is -2.44. The molecule has 0 radical (unpaired) electrons. The van der Waals surface area contributed by atoms with Crippen LogP contribution in [0.2, 0.25) is 0 Å². The lowest BCUT2D eigenvalue weighted by atomic mass is 10.0. The van der Waals surface area contributed by atoms with Crippen LogP contribution in [0.15, 0.2) is 53.5 Å². The van der Waals surface area contributed by atoms with Gasteiger partial charge in [-0.2, -0.15) is 13.2 Å². The van der Waals surface area contributed by atoms with Gasteiger partial charge >= 0.3 is 6.18 Å². The highest BCUT2D eigenvalue weighted by molar-refractivity contribution is 7.15. The van der Waals surface area contributed by atoms with E-state index in [9.17, 15) is 18.0 Å². The number of hydrogen-bond donors (Lipinski definition) is 2. The molecule has 2 aromatic carbocycles. The first-order valence-electron chi connectivity index (χ1n) is 12.3. The number of nitrogens with zero attached hydrogens (tertiary/aromatic N) is 4. The molecule has 1 amide bonds. The molecule has 2 N–H and O–H groups in total. The highest BCUT2D eigenvalue weighted by Gasteiger charge is 2.34. The predicted molar refractivity (Wildman–Crippen MR) is 150 cm³/mol. The van der Waals surface area contributed by atoms with Crippen LogP contribution < -0.4 is 10.6 Å². The maximum atomic E-state index is 14.0. The number of nitrogens with one attached hydrogen (secondary N) is 2. The third-order valence-corrected chi connectivity index (χ3v) is 8.15. The molecule has 39 heavy (non-hydrogen) atoms. The Balaban J connectivity index is 1.31. The smallest absolute Gasteiger partial charge is 0.331 e. The number of carbonyl (C=O) groups excluding carboxylic acids is 1. The Kier molecular flexibility index (Phi) is 7.98. The van der Waals surface area contributed by atoms with Crippen LogP contribution in [0.3, 0.4) is 0 Å². The van der Waals surface area contributed by atoms with Crippen molar-refractivity contribution in [3.05, 3.63) is 75.7 Å². The van der Waals surface area contributed by atoms with E-state index in [4.69, 9.17) is 0 Å². The molecule has 204 valence electrons. The molecule has 3 heterocycles. The molecule has 2 aromatic heterocycles. The molecule has 1 fully saturated rings. The van der Waals surface area contributed by atoms with Crippen molar-refractivity contribution in [1.82, 2.24) is 19.8 Å². The number of aromatic nitrogens is 2. The maximum Gasteiger partial charge on any atom is 0.416 e. The number of aryl methyl sites for hydroxylation is 1. The fourth-order valence-corrected chi connectivity index (χ4v) is 5.69. The number of thiazole rings is 2. The molecular weight excluding hydrogens is 545 g/mol. The summed E-state index contributed by atoms with van der Waals surface area (Å²) >= 11 is 2.94. The summed E-state index contributed by atoms with van der Waals surface area (Å²) in [6.45, 7) is 5.14. The van der Waals surface area contributed by atoms with E-state index in [1.807, 2.05) is 30.3 Å². The van der Waals surface area contributed by atoms with Crippen LogP contribution in [0.1, 0.15) is 27.0 Å². The SMILES string of the molecule is Cc1ccc(NC(=O)c2ccc(CN3CCN(C)CC3)c(C(F)(F)F)c2)cc1Nc1nc(-c2cncs2)cs1. The summed E-state index contributed by atoms with van der Waals surface area (Å²) in [7, 11) is 2.00. The zero-order valence-electron chi connectivity index (χ0n) is 21.4. The molecule has 0 unspecified atom stereocenters. The Labute approximate surface area is 232 Å². The van der Waals surface area contributed by atoms with Gasteiger partial charge in [-0.25, -0.2) is 4.98 Å². The van der Waals surface area contributed by atoms with Crippen LogP contribution in [0.4, 0.5) is 29.7 Å². The van der Waals surface area contributed by atoms with Gasteiger partial charge in [-0.1, -0.05) is 12.1 Å². The number of anilines is 3. The van der Waals surface area contributed by atoms with Gasteiger partial charge in [-0.3, -0.25) is 14.7 Å². The Bertz CT molecular complexity index is 1450. The quantitative estimate of drug-likeness (QED) is 0.269. The van der Waals surface area contributed by atoms with Crippen molar-refractivity contribution < 1.29 is 18.0 Å². The van der Waals surface area contributed by atoms with E-state index >= 15 is 0 Å². The van der Waals surface area contributed by atoms with Crippen molar-refractivity contribution in [2.75, 3.05) is 43.9 Å². The Morgan fingerprint density at radius 2 is 1.87 bits per heavy atom. The first-order chi connectivity index (χ1) is 18.7. The summed E-state index contributed by atoms with van der Waals surface area (Å²) in [6.07, 6.45) is -2.81. The third-order valence-electron chi connectivity index (χ3n) is 6.59. The zero-order valence-corrected chi connectivity index (χ0v) is 23.0. The number of rotatable bonds is 7. The molecule has 0 bridgehead atoms. The van der Waals surface area contributed by atoms with Gasteiger partial charge in [0.05, 0.1) is 21.6 Å². The summed E-state index contributed by atoms with van der Waals surface area (Å²) in [5.41, 5.74) is 4.04. The Morgan fingerprint density at radius 1 is 1.08 bits per heavy atom. The highest BCUT2D eigenvalue weighted by atomic mass is 32.1. The molecule has 7 nitrogen and oxygen atoms in total. The van der Waals surface area contributed by atoms with Crippen LogP contribution in [0.5, 0.6) is 0 Å². The molecule has 1 saturated heterocycles. The third kappa shape index (κ3) is 6.64. The standard InChI is InChI=1S/C27H27F3N6OS2/c1-17-3-6-20(12-22(17)33-26-34-23(15-38-26)24-13-31-16-39-24)32-25(37)18-4-5-19(21(11-18)27(28,29)30)14-36-9-7-35(2)8-10-36/h3-6,11-13,15-16H,7-10,14H2,1-2H3,(H,32,37)(H,33,34). The van der Waals surface area contributed by atoms with E-state index in [0.29, 0.717) is 23.9 Å². The summed E-state index contributed by atoms with van der Waals surface area (Å²) < 4.78 is 41.9. The second-order valence-electron chi connectivity index (χ2n) is 9.46. The van der Waals surface area contributed by atoms with E-state index < -0.39 is 17.6 Å². The molecule has 0 spiro atoms. The molecule has 0 atom stereocenters. The van der Waals surface area contributed by atoms with Gasteiger partial charge in [0.25, 0.3) is 5.91 Å². The summed E-state index contributed by atoms with van der Waals surface area (Å²) in [5, 5.41) is 8.62. The summed E-state index contributed by atoms with van der Waals surface area (Å²) in [5.74, 6) is -0.608. The largest absolute Gasteiger partial charge is 0.416 e. The van der Waals surface area contributed by atoms with Crippen molar-refractivity contribution in [1.29, 1.82) is 0 Å². The molecule has 1 aliphatic rings. The number of carbonyl (C=O) groups is 1. The van der Waals surface area contributed by atoms with Crippen LogP contribution in [-0.2, 0) is 12.7 Å². The molecule has 0 saturated carbocycles. The second-order valence-corrected chi connectivity index (χ2v) is 11.2. The van der Waals surface area contributed by atoms with Gasteiger partial charge in [0.1, 0.15) is 0 Å². The fraction of sp³-hybridized carbons (Fsp3) is 0.296. The minimum absolute atomic E-state index is 0.0475. The number of piperazine rings is 1. The topological polar surface area (TPSA) is 73.4 Å². The van der Waals surface area contributed by atoms with Gasteiger partial charge in [-0.05, 0) is 49.4 Å². The lowest BCUT2D eigenvalue weighted by molar-refractivity contribution is -0.138. The number of halogens is 3. The second kappa shape index (κ2) is 11.4. The number of benzene rings is 2. The van der Waals surface area contributed by atoms with Crippen molar-refractivity contribution in [3.8, 4) is 10.6 Å². The Morgan fingerprint density at radius 3 is 2.59 bits per heavy atom. The number of hydrogen-bond acceptors (Lipinski definition) is 8. The van der Waals surface area contributed by atoms with Crippen molar-refractivity contribution >= 4 is 45.1 Å². The number of likely N-dealkylation sites (N-methyl/N-ethyl adjacent to an activating group) is 1. The molecular formula is C27H27F3N6OS2. The predicted octanol–water partition coefficient (Wildman–Crippen LogP) is 6.34. The number of amides is 1. The monoisotopic (exact) mass is 572 g/mol. The van der Waals surface area contributed by atoms with Gasteiger partial charge in [0, 0.05) is 61.2 Å². The fourth-order valence-electron chi connectivity index (χ4n) is 4.31. The van der Waals surface area contributed by atoms with E-state index in [0.717, 1.165) is 41.0 Å². The minimum atomic E-state index is -4.56. The van der Waals surface area contributed by atoms with Crippen molar-refractivity contribution in [2.45, 2.75) is 19.6 Å². The van der Waals surface area contributed by atoms with Crippen molar-refractivity contribution in [2.24, 2.45) is 0 Å². The first kappa shape index (κ1) is 27.3. The van der Waals surface area contributed by atoms with Gasteiger partial charge in [0.15, 0.2) is 5.13 Å². The van der Waals surface area contributed by atoms with Crippen LogP contribution in [-0.4, -0.2) is 58.9 Å². The number of alkyl halides is 3. The molecule has 12 heteroatoms. The van der Waals surface area contributed by atoms with Gasteiger partial charge in [-0.15, -0.1) is 22.7 Å². The van der Waals surface area contributed by atoms with E-state index in [-0.39, 0.29) is 17.7 Å².